The number of benzene rings is 1. The summed E-state index contributed by atoms with van der Waals surface area (Å²) in [5.41, 5.74) is 0.604. The third-order valence-electron chi connectivity index (χ3n) is 2.59. The zero-order valence-corrected chi connectivity index (χ0v) is 11.4. The maximum atomic E-state index is 11.7. The lowest BCUT2D eigenvalue weighted by atomic mass is 10.2. The Morgan fingerprint density at radius 1 is 1.00 bits per heavy atom. The van der Waals surface area contributed by atoms with Crippen LogP contribution >= 0.6 is 0 Å². The van der Waals surface area contributed by atoms with E-state index in [2.05, 4.69) is 15.1 Å². The number of hydrogen-bond donors (Lipinski definition) is 2. The molecule has 0 unspecified atom stereocenters. The molecule has 1 amide bonds. The first-order valence-electron chi connectivity index (χ1n) is 6.53. The first kappa shape index (κ1) is 16.5. The quantitative estimate of drug-likeness (QED) is 0.454. The van der Waals surface area contributed by atoms with Gasteiger partial charge in [-0.2, -0.15) is 0 Å². The van der Waals surface area contributed by atoms with Crippen molar-refractivity contribution in [2.24, 2.45) is 0 Å². The van der Waals surface area contributed by atoms with Crippen LogP contribution in [-0.2, 0) is 14.6 Å². The van der Waals surface area contributed by atoms with E-state index in [1.807, 2.05) is 6.07 Å². The van der Waals surface area contributed by atoms with Gasteiger partial charge in [0.2, 0.25) is 0 Å². The topological polar surface area (TPSA) is 102 Å². The van der Waals surface area contributed by atoms with Gasteiger partial charge < -0.3 is 10.4 Å². The van der Waals surface area contributed by atoms with Crippen molar-refractivity contribution in [2.75, 3.05) is 6.54 Å². The first-order valence-corrected chi connectivity index (χ1v) is 6.53. The summed E-state index contributed by atoms with van der Waals surface area (Å²) in [5, 5.41) is 10.9. The molecule has 0 aliphatic rings. The van der Waals surface area contributed by atoms with Crippen LogP contribution in [0.1, 0.15) is 36.0 Å². The van der Waals surface area contributed by atoms with Crippen molar-refractivity contribution in [1.29, 1.82) is 0 Å². The fourth-order valence-electron chi connectivity index (χ4n) is 1.59. The molecule has 7 nitrogen and oxygen atoms in total. The fourth-order valence-corrected chi connectivity index (χ4v) is 1.59. The van der Waals surface area contributed by atoms with Crippen molar-refractivity contribution in [3.63, 3.8) is 0 Å². The molecule has 0 saturated heterocycles. The van der Waals surface area contributed by atoms with E-state index in [1.165, 1.54) is 0 Å². The number of carboxylic acid groups (broad SMARTS) is 1. The average Bonchev–Trinajstić information content (AvgIpc) is 2.49. The second-order valence-electron chi connectivity index (χ2n) is 4.24. The summed E-state index contributed by atoms with van der Waals surface area (Å²) in [6.07, 6.45) is 0.359. The minimum absolute atomic E-state index is 0.0694. The van der Waals surface area contributed by atoms with Gasteiger partial charge in [-0.15, -0.1) is 0 Å². The molecule has 0 atom stereocenters. The van der Waals surface area contributed by atoms with Gasteiger partial charge in [0.05, 0.1) is 6.42 Å². The molecule has 21 heavy (non-hydrogen) atoms. The van der Waals surface area contributed by atoms with Crippen LogP contribution in [0, 0.1) is 0 Å². The van der Waals surface area contributed by atoms with Crippen LogP contribution in [0.3, 0.4) is 0 Å². The molecular weight excluding hydrogens is 278 g/mol. The highest BCUT2D eigenvalue weighted by molar-refractivity contribution is 5.94. The lowest BCUT2D eigenvalue weighted by molar-refractivity contribution is -0.240. The lowest BCUT2D eigenvalue weighted by Gasteiger charge is -2.05. The Kier molecular flexibility index (Phi) is 7.34. The van der Waals surface area contributed by atoms with Gasteiger partial charge in [-0.1, -0.05) is 24.6 Å². The third kappa shape index (κ3) is 7.56. The predicted molar refractivity (Wildman–Crippen MR) is 72.4 cm³/mol. The van der Waals surface area contributed by atoms with Crippen LogP contribution in [0.5, 0.6) is 0 Å². The molecule has 0 spiro atoms. The van der Waals surface area contributed by atoms with Crippen molar-refractivity contribution in [3.8, 4) is 0 Å². The number of carbonyl (C=O) groups excluding carboxylic acids is 2. The Morgan fingerprint density at radius 2 is 1.71 bits per heavy atom. The third-order valence-corrected chi connectivity index (χ3v) is 2.59. The number of amides is 1. The Bertz CT molecular complexity index is 474. The van der Waals surface area contributed by atoms with Crippen LogP contribution in [0.2, 0.25) is 0 Å². The molecule has 1 aromatic carbocycles. The summed E-state index contributed by atoms with van der Waals surface area (Å²) in [5.74, 6) is -0.865. The number of rotatable bonds is 7. The van der Waals surface area contributed by atoms with Gasteiger partial charge in [-0.3, -0.25) is 4.79 Å². The second-order valence-corrected chi connectivity index (χ2v) is 4.24. The van der Waals surface area contributed by atoms with Crippen molar-refractivity contribution in [2.45, 2.75) is 25.7 Å². The van der Waals surface area contributed by atoms with Gasteiger partial charge in [0.25, 0.3) is 5.91 Å². The fraction of sp³-hybridized carbons (Fsp3) is 0.357. The molecule has 7 heteroatoms. The SMILES string of the molecule is O=C(O)OOC(=O)CCCCCNC(=O)c1ccccc1. The normalized spacial score (nSPS) is 9.71. The second kappa shape index (κ2) is 9.35. The van der Waals surface area contributed by atoms with Gasteiger partial charge in [-0.05, 0) is 25.0 Å². The van der Waals surface area contributed by atoms with Gasteiger partial charge >= 0.3 is 12.1 Å². The molecule has 114 valence electrons. The van der Waals surface area contributed by atoms with Crippen LogP contribution in [0.4, 0.5) is 4.79 Å². The molecular formula is C14H17NO6. The minimum Gasteiger partial charge on any atom is -0.447 e. The van der Waals surface area contributed by atoms with E-state index in [0.717, 1.165) is 0 Å². The van der Waals surface area contributed by atoms with E-state index in [4.69, 9.17) is 5.11 Å². The molecule has 1 aromatic rings. The Balaban J connectivity index is 2.03. The maximum Gasteiger partial charge on any atom is 0.547 e. The summed E-state index contributed by atoms with van der Waals surface area (Å²) in [7, 11) is 0. The highest BCUT2D eigenvalue weighted by atomic mass is 17.2. The van der Waals surface area contributed by atoms with E-state index in [-0.39, 0.29) is 12.3 Å². The molecule has 1 rings (SSSR count). The lowest BCUT2D eigenvalue weighted by Crippen LogP contribution is -2.24. The molecule has 0 saturated carbocycles. The van der Waals surface area contributed by atoms with Gasteiger partial charge in [0.1, 0.15) is 0 Å². The highest BCUT2D eigenvalue weighted by Crippen LogP contribution is 2.02. The van der Waals surface area contributed by atoms with Crippen molar-refractivity contribution in [1.82, 2.24) is 5.32 Å². The average molecular weight is 295 g/mol. The summed E-state index contributed by atoms with van der Waals surface area (Å²) >= 11 is 0. The van der Waals surface area contributed by atoms with E-state index in [9.17, 15) is 14.4 Å². The molecule has 0 fully saturated rings. The monoisotopic (exact) mass is 295 g/mol. The smallest absolute Gasteiger partial charge is 0.447 e. The van der Waals surface area contributed by atoms with Crippen LogP contribution in [0.15, 0.2) is 30.3 Å². The Labute approximate surface area is 121 Å². The zero-order valence-electron chi connectivity index (χ0n) is 11.4. The standard InChI is InChI=1S/C14H17NO6/c16-12(20-21-14(18)19)9-5-2-6-10-15-13(17)11-7-3-1-4-8-11/h1,3-4,7-8H,2,5-6,9-10H2,(H,15,17)(H,18,19). The highest BCUT2D eigenvalue weighted by Gasteiger charge is 2.07. The first-order chi connectivity index (χ1) is 10.1. The van der Waals surface area contributed by atoms with E-state index in [0.29, 0.717) is 31.4 Å². The van der Waals surface area contributed by atoms with Crippen molar-refractivity contribution >= 4 is 18.0 Å². The number of unbranched alkanes of at least 4 members (excludes halogenated alkanes) is 2. The summed E-state index contributed by atoms with van der Waals surface area (Å²) < 4.78 is 0. The number of nitrogens with one attached hydrogen (secondary N) is 1. The van der Waals surface area contributed by atoms with E-state index >= 15 is 0 Å². The predicted octanol–water partition coefficient (Wildman–Crippen LogP) is 2.13. The molecule has 0 aromatic heterocycles. The van der Waals surface area contributed by atoms with Gasteiger partial charge in [0, 0.05) is 12.1 Å². The largest absolute Gasteiger partial charge is 0.547 e. The Morgan fingerprint density at radius 3 is 2.38 bits per heavy atom. The van der Waals surface area contributed by atoms with Gasteiger partial charge in [0.15, 0.2) is 0 Å². The Hall–Kier alpha value is -2.57. The van der Waals surface area contributed by atoms with Crippen LogP contribution < -0.4 is 5.32 Å². The summed E-state index contributed by atoms with van der Waals surface area (Å²) in [6, 6.07) is 8.88. The van der Waals surface area contributed by atoms with E-state index < -0.39 is 12.1 Å². The zero-order chi connectivity index (χ0) is 15.5. The van der Waals surface area contributed by atoms with Crippen molar-refractivity contribution < 1.29 is 29.3 Å². The molecule has 0 radical (unpaired) electrons. The summed E-state index contributed by atoms with van der Waals surface area (Å²) in [6.45, 7) is 0.508. The molecule has 0 aliphatic carbocycles. The van der Waals surface area contributed by atoms with Crippen LogP contribution in [0.25, 0.3) is 0 Å². The minimum atomic E-state index is -1.66. The van der Waals surface area contributed by atoms with E-state index in [1.54, 1.807) is 24.3 Å². The van der Waals surface area contributed by atoms with Crippen LogP contribution in [-0.4, -0.2) is 29.7 Å². The summed E-state index contributed by atoms with van der Waals surface area (Å²) in [4.78, 5) is 40.3. The number of hydrogen-bond acceptors (Lipinski definition) is 5. The molecule has 0 aliphatic heterocycles. The maximum absolute atomic E-state index is 11.7. The van der Waals surface area contributed by atoms with Crippen molar-refractivity contribution in [3.05, 3.63) is 35.9 Å². The van der Waals surface area contributed by atoms with Gasteiger partial charge in [-0.25, -0.2) is 19.4 Å². The number of carbonyl (C=O) groups is 3. The molecule has 2 N–H and O–H groups in total. The molecule has 0 heterocycles. The molecule has 0 bridgehead atoms.